The summed E-state index contributed by atoms with van der Waals surface area (Å²) in [5.41, 5.74) is 0. The summed E-state index contributed by atoms with van der Waals surface area (Å²) in [6, 6.07) is 0.154. The van der Waals surface area contributed by atoms with E-state index in [1.807, 2.05) is 6.92 Å². The maximum Gasteiger partial charge on any atom is 0.345 e. The molecule has 23 heavy (non-hydrogen) atoms. The monoisotopic (exact) mass is 344 g/mol. The van der Waals surface area contributed by atoms with Crippen molar-refractivity contribution < 1.29 is 24.2 Å². The molecule has 2 fully saturated rings. The van der Waals surface area contributed by atoms with Gasteiger partial charge >= 0.3 is 18.0 Å². The van der Waals surface area contributed by atoms with Crippen LogP contribution in [0.3, 0.4) is 0 Å². The van der Waals surface area contributed by atoms with E-state index in [9.17, 15) is 19.5 Å². The first-order valence-electron chi connectivity index (χ1n) is 8.12. The van der Waals surface area contributed by atoms with E-state index in [2.05, 4.69) is 10.6 Å². The van der Waals surface area contributed by atoms with Gasteiger partial charge in [0.25, 0.3) is 0 Å². The van der Waals surface area contributed by atoms with Crippen LogP contribution in [-0.4, -0.2) is 52.3 Å². The first-order chi connectivity index (χ1) is 11.0. The van der Waals surface area contributed by atoms with Crippen LogP contribution in [-0.2, 0) is 14.3 Å². The summed E-state index contributed by atoms with van der Waals surface area (Å²) in [6.45, 7) is 1.96. The standard InChI is InChI=1S/C15H24N2O5S/c1-2-3-7-12(18)22-10(14(19)20)5-4-6-11-13-9(8-23-11)16-15(21)17-13/h9-11,13H,2-8H2,1H3,(H,19,20)(H2,16,17,21)/t9-,10?,11-,13-/m0/s1. The van der Waals surface area contributed by atoms with Gasteiger partial charge in [-0.1, -0.05) is 13.3 Å². The number of unbranched alkanes of at least 4 members (excludes halogenated alkanes) is 1. The Morgan fingerprint density at radius 2 is 2.17 bits per heavy atom. The first-order valence-corrected chi connectivity index (χ1v) is 9.17. The van der Waals surface area contributed by atoms with Crippen LogP contribution in [0.1, 0.15) is 45.4 Å². The Kier molecular flexibility index (Phi) is 6.56. The van der Waals surface area contributed by atoms with Crippen LogP contribution >= 0.6 is 11.8 Å². The molecule has 3 N–H and O–H groups in total. The van der Waals surface area contributed by atoms with Crippen molar-refractivity contribution in [3.05, 3.63) is 0 Å². The third-order valence-corrected chi connectivity index (χ3v) is 5.69. The maximum absolute atomic E-state index is 11.6. The largest absolute Gasteiger partial charge is 0.479 e. The van der Waals surface area contributed by atoms with Crippen molar-refractivity contribution in [3.8, 4) is 0 Å². The highest BCUT2D eigenvalue weighted by atomic mass is 32.2. The van der Waals surface area contributed by atoms with Gasteiger partial charge in [-0.3, -0.25) is 4.79 Å². The molecule has 2 amide bonds. The highest BCUT2D eigenvalue weighted by Crippen LogP contribution is 2.33. The van der Waals surface area contributed by atoms with Crippen LogP contribution in [0.2, 0.25) is 0 Å². The van der Waals surface area contributed by atoms with Crippen molar-refractivity contribution in [1.82, 2.24) is 10.6 Å². The molecular formula is C15H24N2O5S. The van der Waals surface area contributed by atoms with Crippen molar-refractivity contribution in [2.45, 2.75) is 68.9 Å². The van der Waals surface area contributed by atoms with Crippen LogP contribution in [0.15, 0.2) is 0 Å². The summed E-state index contributed by atoms with van der Waals surface area (Å²) in [4.78, 5) is 34.1. The summed E-state index contributed by atoms with van der Waals surface area (Å²) in [5, 5.41) is 15.2. The molecule has 0 bridgehead atoms. The molecule has 0 radical (unpaired) electrons. The summed E-state index contributed by atoms with van der Waals surface area (Å²) < 4.78 is 5.06. The Labute approximate surface area is 139 Å². The third-order valence-electron chi connectivity index (χ3n) is 4.18. The van der Waals surface area contributed by atoms with Crippen molar-refractivity contribution in [2.24, 2.45) is 0 Å². The number of amides is 2. The summed E-state index contributed by atoms with van der Waals surface area (Å²) in [7, 11) is 0. The zero-order chi connectivity index (χ0) is 16.8. The number of ether oxygens (including phenoxy) is 1. The molecule has 2 heterocycles. The predicted octanol–water partition coefficient (Wildman–Crippen LogP) is 1.51. The van der Waals surface area contributed by atoms with Crippen molar-refractivity contribution in [1.29, 1.82) is 0 Å². The lowest BCUT2D eigenvalue weighted by Gasteiger charge is -2.18. The molecule has 2 saturated heterocycles. The van der Waals surface area contributed by atoms with E-state index >= 15 is 0 Å². The topological polar surface area (TPSA) is 105 Å². The van der Waals surface area contributed by atoms with Gasteiger partial charge in [0.05, 0.1) is 12.1 Å². The Balaban J connectivity index is 1.73. The number of fused-ring (bicyclic) bond motifs is 1. The molecule has 4 atom stereocenters. The normalized spacial score (nSPS) is 27.0. The lowest BCUT2D eigenvalue weighted by molar-refractivity contribution is -0.164. The summed E-state index contributed by atoms with van der Waals surface area (Å²) >= 11 is 1.79. The molecule has 1 unspecified atom stereocenters. The number of urea groups is 1. The van der Waals surface area contributed by atoms with E-state index in [1.165, 1.54) is 0 Å². The quantitative estimate of drug-likeness (QED) is 0.432. The lowest BCUT2D eigenvalue weighted by Crippen LogP contribution is -2.37. The van der Waals surface area contributed by atoms with Crippen molar-refractivity contribution in [2.75, 3.05) is 5.75 Å². The number of aliphatic carboxylic acids is 1. The molecule has 2 aliphatic rings. The molecule has 130 valence electrons. The van der Waals surface area contributed by atoms with E-state index in [4.69, 9.17) is 4.74 Å². The molecule has 0 saturated carbocycles. The Morgan fingerprint density at radius 1 is 1.39 bits per heavy atom. The second-order valence-corrected chi connectivity index (χ2v) is 7.25. The van der Waals surface area contributed by atoms with Gasteiger partial charge in [-0.05, 0) is 25.7 Å². The number of hydrogen-bond donors (Lipinski definition) is 3. The van der Waals surface area contributed by atoms with Gasteiger partial charge in [-0.25, -0.2) is 9.59 Å². The van der Waals surface area contributed by atoms with Gasteiger partial charge in [-0.2, -0.15) is 11.8 Å². The minimum absolute atomic E-state index is 0.114. The summed E-state index contributed by atoms with van der Waals surface area (Å²) in [5.74, 6) is -0.660. The molecule has 7 nitrogen and oxygen atoms in total. The number of carboxylic acids is 1. The fourth-order valence-electron chi connectivity index (χ4n) is 2.92. The molecular weight excluding hydrogens is 320 g/mol. The number of esters is 1. The van der Waals surface area contributed by atoms with E-state index in [0.29, 0.717) is 19.3 Å². The molecule has 0 aromatic rings. The molecule has 0 aromatic carbocycles. The molecule has 0 aliphatic carbocycles. The van der Waals surface area contributed by atoms with E-state index < -0.39 is 18.0 Å². The zero-order valence-electron chi connectivity index (χ0n) is 13.2. The Hall–Kier alpha value is -1.44. The minimum atomic E-state index is -1.09. The highest BCUT2D eigenvalue weighted by molar-refractivity contribution is 8.00. The van der Waals surface area contributed by atoms with Crippen LogP contribution in [0.5, 0.6) is 0 Å². The van der Waals surface area contributed by atoms with Crippen LogP contribution in [0.25, 0.3) is 0 Å². The lowest BCUT2D eigenvalue weighted by atomic mass is 10.0. The fraction of sp³-hybridized carbons (Fsp3) is 0.800. The third kappa shape index (κ3) is 5.02. The minimum Gasteiger partial charge on any atom is -0.479 e. The van der Waals surface area contributed by atoms with Gasteiger partial charge in [0.15, 0.2) is 6.10 Å². The smallest absolute Gasteiger partial charge is 0.345 e. The number of thioether (sulfide) groups is 1. The highest BCUT2D eigenvalue weighted by Gasteiger charge is 2.42. The molecule has 0 spiro atoms. The van der Waals surface area contributed by atoms with Gasteiger partial charge < -0.3 is 20.5 Å². The second-order valence-electron chi connectivity index (χ2n) is 5.97. The summed E-state index contributed by atoms with van der Waals surface area (Å²) in [6.07, 6.45) is 2.52. The fourth-order valence-corrected chi connectivity index (χ4v) is 4.46. The number of carboxylic acid groups (broad SMARTS) is 1. The van der Waals surface area contributed by atoms with Gasteiger partial charge in [0.2, 0.25) is 0 Å². The first kappa shape index (κ1) is 17.9. The van der Waals surface area contributed by atoms with Crippen molar-refractivity contribution >= 4 is 29.7 Å². The second kappa shape index (κ2) is 8.42. The number of carbonyl (C=O) groups excluding carboxylic acids is 2. The maximum atomic E-state index is 11.6. The van der Waals surface area contributed by atoms with Gasteiger partial charge in [0.1, 0.15) is 0 Å². The number of rotatable bonds is 9. The Bertz CT molecular complexity index is 459. The predicted molar refractivity (Wildman–Crippen MR) is 86.4 cm³/mol. The van der Waals surface area contributed by atoms with E-state index in [1.54, 1.807) is 11.8 Å². The number of carbonyl (C=O) groups is 3. The SMILES string of the molecule is CCCCC(=O)OC(CCC[C@@H]1SC[C@@H]2NC(=O)N[C@@H]21)C(=O)O. The molecule has 0 aromatic heterocycles. The van der Waals surface area contributed by atoms with Crippen LogP contribution in [0, 0.1) is 0 Å². The van der Waals surface area contributed by atoms with Crippen LogP contribution < -0.4 is 10.6 Å². The van der Waals surface area contributed by atoms with Crippen LogP contribution in [0.4, 0.5) is 4.79 Å². The average molecular weight is 344 g/mol. The number of nitrogens with one attached hydrogen (secondary N) is 2. The average Bonchev–Trinajstić information content (AvgIpc) is 3.03. The molecule has 8 heteroatoms. The number of hydrogen-bond acceptors (Lipinski definition) is 5. The van der Waals surface area contributed by atoms with Gasteiger partial charge in [0, 0.05) is 17.4 Å². The van der Waals surface area contributed by atoms with E-state index in [-0.39, 0.29) is 29.8 Å². The molecule has 2 rings (SSSR count). The Morgan fingerprint density at radius 3 is 2.87 bits per heavy atom. The van der Waals surface area contributed by atoms with E-state index in [0.717, 1.165) is 18.6 Å². The molecule has 2 aliphatic heterocycles. The van der Waals surface area contributed by atoms with Crippen molar-refractivity contribution in [3.63, 3.8) is 0 Å². The van der Waals surface area contributed by atoms with Gasteiger partial charge in [-0.15, -0.1) is 0 Å². The zero-order valence-corrected chi connectivity index (χ0v) is 14.1.